The van der Waals surface area contributed by atoms with Crippen molar-refractivity contribution in [3.05, 3.63) is 71.8 Å². The Morgan fingerprint density at radius 2 is 1.62 bits per heavy atom. The fourth-order valence-electron chi connectivity index (χ4n) is 6.83. The minimum atomic E-state index is 0.0968. The Balaban J connectivity index is 0.764. The van der Waals surface area contributed by atoms with E-state index in [-0.39, 0.29) is 11.9 Å². The number of fused-ring (bicyclic) bond motifs is 3. The molecule has 3 aliphatic rings. The maximum Gasteiger partial charge on any atom is 0.256 e. The lowest BCUT2D eigenvalue weighted by Crippen LogP contribution is -2.46. The summed E-state index contributed by atoms with van der Waals surface area (Å²) in [4.78, 5) is 29.4. The summed E-state index contributed by atoms with van der Waals surface area (Å²) in [6.45, 7) is 10.9. The highest BCUT2D eigenvalue weighted by molar-refractivity contribution is 6.03. The monoisotopic (exact) mass is 635 g/mol. The van der Waals surface area contributed by atoms with Crippen molar-refractivity contribution in [2.75, 3.05) is 59.0 Å². The minimum Gasteiger partial charge on any atom is -0.494 e. The first-order valence-electron chi connectivity index (χ1n) is 17.3. The molecule has 0 bridgehead atoms. The summed E-state index contributed by atoms with van der Waals surface area (Å²) in [5.74, 6) is 2.40. The predicted molar refractivity (Wildman–Crippen MR) is 185 cm³/mol. The molecule has 0 radical (unpaired) electrons. The van der Waals surface area contributed by atoms with E-state index in [1.54, 1.807) is 0 Å². The van der Waals surface area contributed by atoms with Crippen molar-refractivity contribution in [2.24, 2.45) is 4.99 Å². The van der Waals surface area contributed by atoms with Crippen molar-refractivity contribution >= 4 is 28.9 Å². The first kappa shape index (κ1) is 31.4. The van der Waals surface area contributed by atoms with Gasteiger partial charge in [0.15, 0.2) is 5.58 Å². The van der Waals surface area contributed by atoms with E-state index in [0.29, 0.717) is 24.7 Å². The summed E-state index contributed by atoms with van der Waals surface area (Å²) in [5.41, 5.74) is 5.02. The number of carbonyl (C=O) groups excluding carboxylic acids is 1. The zero-order chi connectivity index (χ0) is 32.0. The zero-order valence-electron chi connectivity index (χ0n) is 27.4. The Hall–Kier alpha value is -4.21. The van der Waals surface area contributed by atoms with Gasteiger partial charge < -0.3 is 28.6 Å². The molecule has 1 atom stereocenters. The largest absolute Gasteiger partial charge is 0.494 e. The summed E-state index contributed by atoms with van der Waals surface area (Å²) in [6, 6.07) is 19.9. The quantitative estimate of drug-likeness (QED) is 0.150. The topological polar surface area (TPSA) is 83.6 Å². The number of hydrogen-bond donors (Lipinski definition) is 0. The summed E-state index contributed by atoms with van der Waals surface area (Å²) in [6.07, 6.45) is 8.26. The SMILES string of the molecule is Cc1cc2c(cc1OCCCCN1CCN(CCCCOc3cccc(-c4nc5ccccc5o4)c3)CC1)N=C[C@@H]1CCCN1C2=O. The summed E-state index contributed by atoms with van der Waals surface area (Å²) in [7, 11) is 0. The van der Waals surface area contributed by atoms with Crippen molar-refractivity contribution < 1.29 is 18.7 Å². The number of para-hydroxylation sites is 2. The molecule has 9 heteroatoms. The second kappa shape index (κ2) is 14.7. The van der Waals surface area contributed by atoms with E-state index in [4.69, 9.17) is 13.9 Å². The maximum atomic E-state index is 13.0. The average molecular weight is 636 g/mol. The number of carbonyl (C=O) groups is 1. The number of aryl methyl sites for hydroxylation is 1. The number of unbranched alkanes of at least 4 members (excludes halogenated alkanes) is 2. The van der Waals surface area contributed by atoms with E-state index >= 15 is 0 Å². The molecule has 246 valence electrons. The van der Waals surface area contributed by atoms with Crippen LogP contribution in [0.15, 0.2) is 70.1 Å². The summed E-state index contributed by atoms with van der Waals surface area (Å²) >= 11 is 0. The average Bonchev–Trinajstić information content (AvgIpc) is 3.73. The molecule has 47 heavy (non-hydrogen) atoms. The molecule has 4 heterocycles. The fourth-order valence-corrected chi connectivity index (χ4v) is 6.83. The van der Waals surface area contributed by atoms with Gasteiger partial charge in [-0.1, -0.05) is 18.2 Å². The number of benzene rings is 3. The molecule has 0 saturated carbocycles. The number of aliphatic imine (C=N–C) groups is 1. The Morgan fingerprint density at radius 3 is 2.40 bits per heavy atom. The van der Waals surface area contributed by atoms with Gasteiger partial charge in [0.25, 0.3) is 5.91 Å². The van der Waals surface area contributed by atoms with Crippen molar-refractivity contribution in [3.8, 4) is 23.0 Å². The first-order valence-corrected chi connectivity index (χ1v) is 17.3. The van der Waals surface area contributed by atoms with E-state index in [1.165, 1.54) is 0 Å². The molecule has 3 aliphatic heterocycles. The third-order valence-corrected chi connectivity index (χ3v) is 9.57. The van der Waals surface area contributed by atoms with E-state index in [9.17, 15) is 4.79 Å². The number of aromatic nitrogens is 1. The Bertz CT molecular complexity index is 1680. The van der Waals surface area contributed by atoms with Crippen LogP contribution in [0.25, 0.3) is 22.6 Å². The fraction of sp³-hybridized carbons (Fsp3) is 0.447. The first-order chi connectivity index (χ1) is 23.1. The highest BCUT2D eigenvalue weighted by Crippen LogP contribution is 2.34. The molecular weight excluding hydrogens is 590 g/mol. The summed E-state index contributed by atoms with van der Waals surface area (Å²) < 4.78 is 18.1. The molecule has 7 rings (SSSR count). The van der Waals surface area contributed by atoms with Gasteiger partial charge in [0, 0.05) is 50.6 Å². The number of hydrogen-bond acceptors (Lipinski definition) is 8. The van der Waals surface area contributed by atoms with Gasteiger partial charge in [-0.2, -0.15) is 0 Å². The van der Waals surface area contributed by atoms with E-state index in [2.05, 4.69) is 19.8 Å². The van der Waals surface area contributed by atoms with Gasteiger partial charge in [0.05, 0.1) is 30.5 Å². The van der Waals surface area contributed by atoms with Gasteiger partial charge in [0.2, 0.25) is 5.89 Å². The van der Waals surface area contributed by atoms with Gasteiger partial charge in [-0.3, -0.25) is 9.79 Å². The van der Waals surface area contributed by atoms with Crippen LogP contribution in [-0.2, 0) is 0 Å². The minimum absolute atomic E-state index is 0.0968. The van der Waals surface area contributed by atoms with Crippen LogP contribution < -0.4 is 9.47 Å². The highest BCUT2D eigenvalue weighted by atomic mass is 16.5. The second-order valence-electron chi connectivity index (χ2n) is 12.9. The standard InChI is InChI=1S/C38H45N5O4/c1-28-24-32-34(39-27-30-11-9-17-43(30)38(32)44)26-36(28)46-23-7-5-16-42-20-18-41(19-21-42)15-4-6-22-45-31-12-8-10-29(25-31)37-40-33-13-2-3-14-35(33)47-37/h2-3,8,10,12-14,24-27,30H,4-7,9,11,15-23H2,1H3/t30-/m0/s1. The van der Waals surface area contributed by atoms with E-state index in [1.807, 2.05) is 78.7 Å². The van der Waals surface area contributed by atoms with Crippen LogP contribution in [0, 0.1) is 6.92 Å². The Kier molecular flexibility index (Phi) is 9.81. The number of nitrogens with zero attached hydrogens (tertiary/aromatic N) is 5. The molecule has 0 spiro atoms. The van der Waals surface area contributed by atoms with Gasteiger partial charge in [0.1, 0.15) is 17.0 Å². The molecule has 1 aromatic heterocycles. The van der Waals surface area contributed by atoms with E-state index in [0.717, 1.165) is 124 Å². The van der Waals surface area contributed by atoms with Crippen molar-refractivity contribution in [2.45, 2.75) is 51.5 Å². The van der Waals surface area contributed by atoms with Crippen molar-refractivity contribution in [1.82, 2.24) is 19.7 Å². The number of amides is 1. The van der Waals surface area contributed by atoms with Crippen LogP contribution in [0.5, 0.6) is 11.5 Å². The van der Waals surface area contributed by atoms with Crippen molar-refractivity contribution in [3.63, 3.8) is 0 Å². The van der Waals surface area contributed by atoms with Crippen LogP contribution in [0.2, 0.25) is 0 Å². The lowest BCUT2D eigenvalue weighted by molar-refractivity contribution is 0.0774. The summed E-state index contributed by atoms with van der Waals surface area (Å²) in [5, 5.41) is 0. The van der Waals surface area contributed by atoms with Crippen LogP contribution in [0.4, 0.5) is 5.69 Å². The maximum absolute atomic E-state index is 13.0. The molecule has 4 aromatic rings. The molecule has 0 unspecified atom stereocenters. The van der Waals surface area contributed by atoms with Crippen LogP contribution in [0.3, 0.4) is 0 Å². The van der Waals surface area contributed by atoms with Gasteiger partial charge in [-0.05, 0) is 100 Å². The number of rotatable bonds is 13. The smallest absolute Gasteiger partial charge is 0.256 e. The molecular formula is C38H45N5O4. The molecule has 2 saturated heterocycles. The molecule has 0 N–H and O–H groups in total. The third-order valence-electron chi connectivity index (χ3n) is 9.57. The van der Waals surface area contributed by atoms with Crippen molar-refractivity contribution in [1.29, 1.82) is 0 Å². The Morgan fingerprint density at radius 1 is 0.851 bits per heavy atom. The van der Waals surface area contributed by atoms with Gasteiger partial charge in [-0.15, -0.1) is 0 Å². The zero-order valence-corrected chi connectivity index (χ0v) is 27.4. The van der Waals surface area contributed by atoms with Crippen LogP contribution in [0.1, 0.15) is 54.4 Å². The Labute approximate surface area is 277 Å². The molecule has 2 fully saturated rings. The molecule has 3 aromatic carbocycles. The number of piperazine rings is 1. The number of ether oxygens (including phenoxy) is 2. The molecule has 0 aliphatic carbocycles. The van der Waals surface area contributed by atoms with Crippen LogP contribution >= 0.6 is 0 Å². The normalized spacial score (nSPS) is 18.4. The second-order valence-corrected chi connectivity index (χ2v) is 12.9. The van der Waals surface area contributed by atoms with E-state index < -0.39 is 0 Å². The predicted octanol–water partition coefficient (Wildman–Crippen LogP) is 6.76. The molecule has 1 amide bonds. The lowest BCUT2D eigenvalue weighted by atomic mass is 10.1. The van der Waals surface area contributed by atoms with Gasteiger partial charge in [-0.25, -0.2) is 4.98 Å². The third kappa shape index (κ3) is 7.52. The highest BCUT2D eigenvalue weighted by Gasteiger charge is 2.32. The van der Waals surface area contributed by atoms with Crippen LogP contribution in [-0.4, -0.2) is 96.9 Å². The molecule has 9 nitrogen and oxygen atoms in total. The van der Waals surface area contributed by atoms with Gasteiger partial charge >= 0.3 is 0 Å². The number of oxazole rings is 1. The lowest BCUT2D eigenvalue weighted by Gasteiger charge is -2.34.